The van der Waals surface area contributed by atoms with Crippen molar-refractivity contribution in [3.63, 3.8) is 0 Å². The van der Waals surface area contributed by atoms with Crippen LogP contribution in [-0.2, 0) is 9.47 Å². The van der Waals surface area contributed by atoms with Crippen LogP contribution in [0.1, 0.15) is 11.1 Å². The Kier molecular flexibility index (Phi) is 8.94. The third-order valence-corrected chi connectivity index (χ3v) is 3.94. The molecule has 2 rings (SSSR count). The third kappa shape index (κ3) is 5.41. The summed E-state index contributed by atoms with van der Waals surface area (Å²) in [6, 6.07) is 7.03. The minimum Gasteiger partial charge on any atom is -0.493 e. The van der Waals surface area contributed by atoms with Crippen LogP contribution in [0.2, 0.25) is 0 Å². The van der Waals surface area contributed by atoms with Gasteiger partial charge in [-0.3, -0.25) is 0 Å². The van der Waals surface area contributed by atoms with E-state index in [2.05, 4.69) is 11.8 Å². The SMILES string of the molecule is COCOc1c(C#Cc2cc(OC)c(OC)c(OC)c2)ccc(OC)c1OCOC. The lowest BCUT2D eigenvalue weighted by Crippen LogP contribution is -2.07. The highest BCUT2D eigenvalue weighted by atomic mass is 16.7. The Bertz CT molecular complexity index is 873. The minimum atomic E-state index is 0.00930. The Hall–Kier alpha value is -3.28. The van der Waals surface area contributed by atoms with Gasteiger partial charge in [-0.2, -0.15) is 0 Å². The molecule has 0 aliphatic carbocycles. The van der Waals surface area contributed by atoms with Crippen molar-refractivity contribution in [3.8, 4) is 46.3 Å². The molecule has 162 valence electrons. The number of benzene rings is 2. The Morgan fingerprint density at radius 1 is 0.600 bits per heavy atom. The maximum atomic E-state index is 5.72. The topological polar surface area (TPSA) is 73.8 Å². The van der Waals surface area contributed by atoms with Crippen LogP contribution in [0.4, 0.5) is 0 Å². The van der Waals surface area contributed by atoms with Gasteiger partial charge in [0.15, 0.2) is 36.6 Å². The van der Waals surface area contributed by atoms with Gasteiger partial charge in [0.25, 0.3) is 0 Å². The summed E-state index contributed by atoms with van der Waals surface area (Å²) >= 11 is 0. The highest BCUT2D eigenvalue weighted by molar-refractivity contribution is 5.63. The number of ether oxygens (including phenoxy) is 8. The van der Waals surface area contributed by atoms with Gasteiger partial charge in [-0.05, 0) is 24.3 Å². The van der Waals surface area contributed by atoms with E-state index >= 15 is 0 Å². The van der Waals surface area contributed by atoms with Gasteiger partial charge in [0, 0.05) is 19.8 Å². The molecule has 0 N–H and O–H groups in total. The molecule has 0 aliphatic rings. The van der Waals surface area contributed by atoms with Crippen molar-refractivity contribution in [1.29, 1.82) is 0 Å². The lowest BCUT2D eigenvalue weighted by molar-refractivity contribution is 0.0306. The molecule has 0 aromatic heterocycles. The van der Waals surface area contributed by atoms with Crippen molar-refractivity contribution in [2.24, 2.45) is 0 Å². The maximum absolute atomic E-state index is 5.72. The summed E-state index contributed by atoms with van der Waals surface area (Å²) in [6.45, 7) is 0.0266. The van der Waals surface area contributed by atoms with Crippen molar-refractivity contribution in [2.75, 3.05) is 56.2 Å². The first kappa shape index (κ1) is 23.0. The monoisotopic (exact) mass is 418 g/mol. The number of hydrogen-bond acceptors (Lipinski definition) is 8. The molecular formula is C22H26O8. The van der Waals surface area contributed by atoms with Crippen LogP contribution in [0.3, 0.4) is 0 Å². The van der Waals surface area contributed by atoms with E-state index in [1.54, 1.807) is 45.6 Å². The van der Waals surface area contributed by atoms with Gasteiger partial charge in [-0.1, -0.05) is 11.8 Å². The molecule has 0 bridgehead atoms. The molecule has 0 amide bonds. The quantitative estimate of drug-likeness (QED) is 0.431. The third-order valence-electron chi connectivity index (χ3n) is 3.94. The lowest BCUT2D eigenvalue weighted by atomic mass is 10.1. The zero-order chi connectivity index (χ0) is 21.9. The highest BCUT2D eigenvalue weighted by Gasteiger charge is 2.17. The Morgan fingerprint density at radius 3 is 1.67 bits per heavy atom. The van der Waals surface area contributed by atoms with Crippen LogP contribution in [0.15, 0.2) is 24.3 Å². The van der Waals surface area contributed by atoms with Crippen molar-refractivity contribution in [1.82, 2.24) is 0 Å². The molecule has 30 heavy (non-hydrogen) atoms. The Labute approximate surface area is 176 Å². The molecule has 0 radical (unpaired) electrons. The summed E-state index contributed by atoms with van der Waals surface area (Å²) in [5, 5.41) is 0. The molecule has 0 atom stereocenters. The van der Waals surface area contributed by atoms with Gasteiger partial charge in [-0.15, -0.1) is 0 Å². The molecule has 8 nitrogen and oxygen atoms in total. The van der Waals surface area contributed by atoms with Crippen molar-refractivity contribution < 1.29 is 37.9 Å². The fourth-order valence-corrected chi connectivity index (χ4v) is 2.61. The van der Waals surface area contributed by atoms with E-state index in [0.717, 1.165) is 0 Å². The van der Waals surface area contributed by atoms with E-state index in [9.17, 15) is 0 Å². The second kappa shape index (κ2) is 11.7. The molecule has 0 fully saturated rings. The fraction of sp³-hybridized carbons (Fsp3) is 0.364. The van der Waals surface area contributed by atoms with Crippen LogP contribution >= 0.6 is 0 Å². The second-order valence-electron chi connectivity index (χ2n) is 5.74. The van der Waals surface area contributed by atoms with Crippen LogP contribution in [0, 0.1) is 11.8 Å². The first-order chi connectivity index (χ1) is 14.6. The van der Waals surface area contributed by atoms with E-state index in [1.807, 2.05) is 0 Å². The summed E-state index contributed by atoms with van der Waals surface area (Å²) in [6.07, 6.45) is 0. The molecule has 0 heterocycles. The largest absolute Gasteiger partial charge is 0.493 e. The summed E-state index contributed by atoms with van der Waals surface area (Å²) in [5.41, 5.74) is 1.24. The van der Waals surface area contributed by atoms with E-state index < -0.39 is 0 Å². The van der Waals surface area contributed by atoms with Gasteiger partial charge in [-0.25, -0.2) is 0 Å². The molecule has 0 aliphatic heterocycles. The first-order valence-corrected chi connectivity index (χ1v) is 8.89. The van der Waals surface area contributed by atoms with Gasteiger partial charge in [0.05, 0.1) is 34.0 Å². The number of rotatable bonds is 10. The van der Waals surface area contributed by atoms with E-state index in [4.69, 9.17) is 37.9 Å². The van der Waals surface area contributed by atoms with Crippen molar-refractivity contribution in [2.45, 2.75) is 0 Å². The molecule has 0 spiro atoms. The molecule has 0 unspecified atom stereocenters. The van der Waals surface area contributed by atoms with Gasteiger partial charge in [0.2, 0.25) is 11.5 Å². The van der Waals surface area contributed by atoms with Crippen LogP contribution in [0.25, 0.3) is 0 Å². The summed E-state index contributed by atoms with van der Waals surface area (Å²) in [7, 11) is 9.23. The average molecular weight is 418 g/mol. The smallest absolute Gasteiger partial charge is 0.207 e. The average Bonchev–Trinajstić information content (AvgIpc) is 2.79. The van der Waals surface area contributed by atoms with Gasteiger partial charge in [0.1, 0.15) is 0 Å². The zero-order valence-corrected chi connectivity index (χ0v) is 18.0. The molecule has 8 heteroatoms. The predicted molar refractivity (Wildman–Crippen MR) is 110 cm³/mol. The normalized spacial score (nSPS) is 9.93. The van der Waals surface area contributed by atoms with Gasteiger partial charge >= 0.3 is 0 Å². The maximum Gasteiger partial charge on any atom is 0.207 e. The standard InChI is InChI=1S/C22H26O8/c1-23-13-29-20-16(9-10-17(25-3)22(20)30-14-24-2)8-7-15-11-18(26-4)21(28-6)19(12-15)27-5/h9-12H,13-14H2,1-6H3. The lowest BCUT2D eigenvalue weighted by Gasteiger charge is -2.16. The molecule has 0 saturated heterocycles. The summed E-state index contributed by atoms with van der Waals surface area (Å²) in [5.74, 6) is 8.92. The van der Waals surface area contributed by atoms with Crippen LogP contribution < -0.4 is 28.4 Å². The van der Waals surface area contributed by atoms with Crippen molar-refractivity contribution in [3.05, 3.63) is 35.4 Å². The van der Waals surface area contributed by atoms with Crippen molar-refractivity contribution >= 4 is 0 Å². The second-order valence-corrected chi connectivity index (χ2v) is 5.74. The van der Waals surface area contributed by atoms with Crippen LogP contribution in [0.5, 0.6) is 34.5 Å². The highest BCUT2D eigenvalue weighted by Crippen LogP contribution is 2.41. The number of methoxy groups -OCH3 is 6. The summed E-state index contributed by atoms with van der Waals surface area (Å²) in [4.78, 5) is 0. The first-order valence-electron chi connectivity index (χ1n) is 8.89. The minimum absolute atomic E-state index is 0.00930. The van der Waals surface area contributed by atoms with Crippen LogP contribution in [-0.4, -0.2) is 56.2 Å². The predicted octanol–water partition coefficient (Wildman–Crippen LogP) is 3.09. The Morgan fingerprint density at radius 2 is 1.17 bits per heavy atom. The Balaban J connectivity index is 2.54. The van der Waals surface area contributed by atoms with E-state index in [-0.39, 0.29) is 13.6 Å². The fourth-order valence-electron chi connectivity index (χ4n) is 2.61. The molecule has 0 saturated carbocycles. The van der Waals surface area contributed by atoms with E-state index in [1.165, 1.54) is 21.3 Å². The van der Waals surface area contributed by atoms with E-state index in [0.29, 0.717) is 45.6 Å². The summed E-state index contributed by atoms with van der Waals surface area (Å²) < 4.78 is 42.9. The number of hydrogen-bond donors (Lipinski definition) is 0. The molecule has 2 aromatic rings. The molecule has 2 aromatic carbocycles. The zero-order valence-electron chi connectivity index (χ0n) is 18.0. The van der Waals surface area contributed by atoms with Gasteiger partial charge < -0.3 is 37.9 Å². The molecular weight excluding hydrogens is 392 g/mol.